The third kappa shape index (κ3) is 4.96. The number of hydrogen-bond donors (Lipinski definition) is 1. The van der Waals surface area contributed by atoms with Gasteiger partial charge in [0.15, 0.2) is 6.61 Å². The van der Waals surface area contributed by atoms with Crippen molar-refractivity contribution in [1.82, 2.24) is 5.43 Å². The Hall–Kier alpha value is -2.18. The summed E-state index contributed by atoms with van der Waals surface area (Å²) in [5, 5.41) is 6.32. The SMILES string of the molecule is CCC(=NNC(=O)COc1ccc2cc(Br)ccc2c1Br)c1ccccc1. The van der Waals surface area contributed by atoms with Crippen molar-refractivity contribution < 1.29 is 9.53 Å². The van der Waals surface area contributed by atoms with Gasteiger partial charge in [0.25, 0.3) is 5.91 Å². The van der Waals surface area contributed by atoms with E-state index in [2.05, 4.69) is 42.4 Å². The van der Waals surface area contributed by atoms with E-state index in [0.717, 1.165) is 37.4 Å². The quantitative estimate of drug-likeness (QED) is 0.358. The Bertz CT molecular complexity index is 988. The second-order valence-electron chi connectivity index (χ2n) is 5.84. The monoisotopic (exact) mass is 488 g/mol. The van der Waals surface area contributed by atoms with E-state index < -0.39 is 0 Å². The predicted molar refractivity (Wildman–Crippen MR) is 116 cm³/mol. The highest BCUT2D eigenvalue weighted by Crippen LogP contribution is 2.34. The van der Waals surface area contributed by atoms with Crippen molar-refractivity contribution in [2.45, 2.75) is 13.3 Å². The molecule has 0 aliphatic rings. The van der Waals surface area contributed by atoms with E-state index in [1.165, 1.54) is 0 Å². The van der Waals surface area contributed by atoms with Crippen molar-refractivity contribution >= 4 is 54.3 Å². The molecule has 0 unspecified atom stereocenters. The second kappa shape index (κ2) is 9.15. The lowest BCUT2D eigenvalue weighted by Crippen LogP contribution is -2.26. The number of carbonyl (C=O) groups is 1. The third-order valence-electron chi connectivity index (χ3n) is 4.00. The summed E-state index contributed by atoms with van der Waals surface area (Å²) < 4.78 is 7.50. The molecule has 0 aliphatic carbocycles. The van der Waals surface area contributed by atoms with Crippen LogP contribution < -0.4 is 10.2 Å². The van der Waals surface area contributed by atoms with E-state index >= 15 is 0 Å². The Morgan fingerprint density at radius 3 is 2.59 bits per heavy atom. The molecule has 3 rings (SSSR count). The summed E-state index contributed by atoms with van der Waals surface area (Å²) in [5.74, 6) is 0.308. The molecule has 4 nitrogen and oxygen atoms in total. The van der Waals surface area contributed by atoms with Crippen LogP contribution in [0.5, 0.6) is 5.75 Å². The van der Waals surface area contributed by atoms with Gasteiger partial charge in [-0.25, -0.2) is 5.43 Å². The maximum Gasteiger partial charge on any atom is 0.277 e. The number of nitrogens with one attached hydrogen (secondary N) is 1. The van der Waals surface area contributed by atoms with Gasteiger partial charge in [0.1, 0.15) is 5.75 Å². The molecule has 0 fully saturated rings. The molecule has 0 saturated carbocycles. The van der Waals surface area contributed by atoms with Gasteiger partial charge in [-0.1, -0.05) is 65.3 Å². The Labute approximate surface area is 174 Å². The summed E-state index contributed by atoms with van der Waals surface area (Å²) in [4.78, 5) is 12.1. The molecule has 3 aromatic rings. The van der Waals surface area contributed by atoms with E-state index in [1.54, 1.807) is 0 Å². The minimum atomic E-state index is -0.306. The van der Waals surface area contributed by atoms with Gasteiger partial charge in [-0.05, 0) is 56.9 Å². The zero-order valence-electron chi connectivity index (χ0n) is 14.7. The van der Waals surface area contributed by atoms with Gasteiger partial charge in [0.05, 0.1) is 10.2 Å². The maximum atomic E-state index is 12.1. The topological polar surface area (TPSA) is 50.7 Å². The van der Waals surface area contributed by atoms with Crippen molar-refractivity contribution in [1.29, 1.82) is 0 Å². The normalized spacial score (nSPS) is 11.4. The molecule has 0 aromatic heterocycles. The fourth-order valence-electron chi connectivity index (χ4n) is 2.64. The van der Waals surface area contributed by atoms with Crippen LogP contribution >= 0.6 is 31.9 Å². The fraction of sp³-hybridized carbons (Fsp3) is 0.143. The number of ether oxygens (including phenoxy) is 1. The standard InChI is InChI=1S/C21H18Br2N2O2/c1-2-18(14-6-4-3-5-7-14)24-25-20(26)13-27-19-11-8-15-12-16(22)9-10-17(15)21(19)23/h3-12H,2,13H2,1H3,(H,25,26). The lowest BCUT2D eigenvalue weighted by Gasteiger charge is -2.10. The van der Waals surface area contributed by atoms with Crippen LogP contribution in [-0.2, 0) is 4.79 Å². The molecule has 1 amide bonds. The first-order valence-electron chi connectivity index (χ1n) is 8.50. The molecule has 0 aliphatic heterocycles. The molecule has 0 bridgehead atoms. The number of carbonyl (C=O) groups excluding carboxylic acids is 1. The van der Waals surface area contributed by atoms with Crippen LogP contribution in [0, 0.1) is 0 Å². The third-order valence-corrected chi connectivity index (χ3v) is 5.31. The summed E-state index contributed by atoms with van der Waals surface area (Å²) in [5.41, 5.74) is 4.38. The van der Waals surface area contributed by atoms with Crippen molar-refractivity contribution in [3.63, 3.8) is 0 Å². The molecule has 0 saturated heterocycles. The van der Waals surface area contributed by atoms with E-state index in [1.807, 2.05) is 67.6 Å². The largest absolute Gasteiger partial charge is 0.483 e. The molecule has 0 radical (unpaired) electrons. The molecular weight excluding hydrogens is 472 g/mol. The van der Waals surface area contributed by atoms with Crippen LogP contribution in [0.4, 0.5) is 0 Å². The number of hydrazone groups is 1. The Kier molecular flexibility index (Phi) is 6.63. The maximum absolute atomic E-state index is 12.1. The first-order valence-corrected chi connectivity index (χ1v) is 10.1. The van der Waals surface area contributed by atoms with Crippen LogP contribution in [0.15, 0.2) is 74.7 Å². The van der Waals surface area contributed by atoms with E-state index in [4.69, 9.17) is 4.74 Å². The van der Waals surface area contributed by atoms with Crippen LogP contribution in [0.3, 0.4) is 0 Å². The minimum Gasteiger partial charge on any atom is -0.483 e. The number of halogens is 2. The van der Waals surface area contributed by atoms with Gasteiger partial charge in [-0.15, -0.1) is 0 Å². The molecule has 6 heteroatoms. The number of amides is 1. The number of benzene rings is 3. The summed E-state index contributed by atoms with van der Waals surface area (Å²) in [6.45, 7) is 1.88. The Morgan fingerprint density at radius 1 is 1.07 bits per heavy atom. The summed E-state index contributed by atoms with van der Waals surface area (Å²) in [7, 11) is 0. The zero-order chi connectivity index (χ0) is 19.2. The summed E-state index contributed by atoms with van der Waals surface area (Å²) in [6, 6.07) is 19.6. The first kappa shape index (κ1) is 19.6. The zero-order valence-corrected chi connectivity index (χ0v) is 17.9. The van der Waals surface area contributed by atoms with Crippen LogP contribution in [0.25, 0.3) is 10.8 Å². The molecule has 0 spiro atoms. The lowest BCUT2D eigenvalue weighted by molar-refractivity contribution is -0.123. The van der Waals surface area contributed by atoms with E-state index in [-0.39, 0.29) is 12.5 Å². The van der Waals surface area contributed by atoms with Gasteiger partial charge in [0, 0.05) is 4.47 Å². The summed E-state index contributed by atoms with van der Waals surface area (Å²) in [6.07, 6.45) is 0.719. The highest BCUT2D eigenvalue weighted by molar-refractivity contribution is 9.11. The van der Waals surface area contributed by atoms with Crippen molar-refractivity contribution in [2.75, 3.05) is 6.61 Å². The van der Waals surface area contributed by atoms with Gasteiger partial charge in [0.2, 0.25) is 0 Å². The van der Waals surface area contributed by atoms with Gasteiger partial charge < -0.3 is 4.74 Å². The molecule has 0 atom stereocenters. The average molecular weight is 490 g/mol. The molecule has 0 heterocycles. The van der Waals surface area contributed by atoms with E-state index in [0.29, 0.717) is 5.75 Å². The smallest absolute Gasteiger partial charge is 0.277 e. The van der Waals surface area contributed by atoms with Crippen LogP contribution in [-0.4, -0.2) is 18.2 Å². The molecular formula is C21H18Br2N2O2. The van der Waals surface area contributed by atoms with Gasteiger partial charge in [-0.3, -0.25) is 4.79 Å². The molecule has 138 valence electrons. The molecule has 1 N–H and O–H groups in total. The molecule has 3 aromatic carbocycles. The number of hydrogen-bond acceptors (Lipinski definition) is 3. The number of rotatable bonds is 6. The molecule has 27 heavy (non-hydrogen) atoms. The van der Waals surface area contributed by atoms with Crippen molar-refractivity contribution in [2.24, 2.45) is 5.10 Å². The van der Waals surface area contributed by atoms with Crippen LogP contribution in [0.1, 0.15) is 18.9 Å². The highest BCUT2D eigenvalue weighted by Gasteiger charge is 2.09. The Balaban J connectivity index is 1.65. The lowest BCUT2D eigenvalue weighted by atomic mass is 10.1. The minimum absolute atomic E-state index is 0.115. The van der Waals surface area contributed by atoms with Gasteiger partial charge >= 0.3 is 0 Å². The van der Waals surface area contributed by atoms with Crippen LogP contribution in [0.2, 0.25) is 0 Å². The van der Waals surface area contributed by atoms with Crippen molar-refractivity contribution in [3.8, 4) is 5.75 Å². The Morgan fingerprint density at radius 2 is 1.85 bits per heavy atom. The number of fused-ring (bicyclic) bond motifs is 1. The summed E-state index contributed by atoms with van der Waals surface area (Å²) >= 11 is 7.03. The fourth-order valence-corrected chi connectivity index (χ4v) is 3.62. The number of nitrogens with zero attached hydrogens (tertiary/aromatic N) is 1. The average Bonchev–Trinajstić information content (AvgIpc) is 2.68. The second-order valence-corrected chi connectivity index (χ2v) is 7.55. The van der Waals surface area contributed by atoms with Crippen molar-refractivity contribution in [3.05, 3.63) is 75.2 Å². The highest BCUT2D eigenvalue weighted by atomic mass is 79.9. The first-order chi connectivity index (χ1) is 13.1. The van der Waals surface area contributed by atoms with E-state index in [9.17, 15) is 4.79 Å². The van der Waals surface area contributed by atoms with Gasteiger partial charge in [-0.2, -0.15) is 5.10 Å². The predicted octanol–water partition coefficient (Wildman–Crippen LogP) is 5.67.